The maximum atomic E-state index is 12.8. The van der Waals surface area contributed by atoms with E-state index in [0.717, 1.165) is 6.07 Å². The van der Waals surface area contributed by atoms with Crippen molar-refractivity contribution in [1.29, 1.82) is 0 Å². The molecule has 0 saturated heterocycles. The minimum absolute atomic E-state index is 0.0938. The van der Waals surface area contributed by atoms with Crippen molar-refractivity contribution in [3.05, 3.63) is 62.6 Å². The minimum atomic E-state index is -5.24. The molecule has 3 N–H and O–H groups in total. The fourth-order valence-corrected chi connectivity index (χ4v) is 4.70. The van der Waals surface area contributed by atoms with Crippen molar-refractivity contribution in [1.82, 2.24) is 10.9 Å². The highest BCUT2D eigenvalue weighted by Gasteiger charge is 2.67. The summed E-state index contributed by atoms with van der Waals surface area (Å²) in [5.74, 6) is -3.18. The van der Waals surface area contributed by atoms with Gasteiger partial charge in [-0.3, -0.25) is 15.0 Å². The van der Waals surface area contributed by atoms with Crippen molar-refractivity contribution >= 4 is 81.6 Å². The van der Waals surface area contributed by atoms with Crippen LogP contribution in [0.15, 0.2) is 36.4 Å². The van der Waals surface area contributed by atoms with Gasteiger partial charge in [-0.05, 0) is 42.0 Å². The van der Waals surface area contributed by atoms with Gasteiger partial charge in [0.15, 0.2) is 0 Å². The molecule has 2 atom stereocenters. The van der Waals surface area contributed by atoms with E-state index in [9.17, 15) is 27.6 Å². The first-order valence-corrected chi connectivity index (χ1v) is 10.9. The standard InChI is InChI=1S/C19H11Cl5F3N3O4/c20-8-3-7(4-9(21)5-8)13-14(18(13,23)24)16(32)28-10-1-2-12(22)11(6-10)15(31)29-30-17(33)34-19(25,26)27/h1-6,13-14H,(H,28,32)(H,29,31)(H,30,33)/t13-,14+/m0/s1. The van der Waals surface area contributed by atoms with Gasteiger partial charge < -0.3 is 10.1 Å². The summed E-state index contributed by atoms with van der Waals surface area (Å²) in [7, 11) is 0. The molecule has 0 heterocycles. The summed E-state index contributed by atoms with van der Waals surface area (Å²) in [6, 6.07) is 8.39. The number of amides is 3. The van der Waals surface area contributed by atoms with Crippen LogP contribution < -0.4 is 16.2 Å². The normalized spacial score (nSPS) is 18.6. The summed E-state index contributed by atoms with van der Waals surface area (Å²) < 4.78 is 37.6. The number of hydrogen-bond donors (Lipinski definition) is 3. The van der Waals surface area contributed by atoms with Crippen molar-refractivity contribution < 1.29 is 32.3 Å². The SMILES string of the molecule is O=C(NNC(=O)c1cc(NC(=O)[C@H]2[C@H](c3cc(Cl)cc(Cl)c3)C2(Cl)Cl)ccc1Cl)OC(F)(F)F. The van der Waals surface area contributed by atoms with Crippen molar-refractivity contribution in [2.45, 2.75) is 16.6 Å². The average molecular weight is 580 g/mol. The molecule has 0 spiro atoms. The second kappa shape index (κ2) is 9.87. The molecular formula is C19H11Cl5F3N3O4. The highest BCUT2D eigenvalue weighted by Crippen LogP contribution is 2.65. The first-order valence-electron chi connectivity index (χ1n) is 8.99. The Morgan fingerprint density at radius 2 is 1.56 bits per heavy atom. The molecule has 34 heavy (non-hydrogen) atoms. The van der Waals surface area contributed by atoms with Crippen LogP contribution in [0.1, 0.15) is 21.8 Å². The van der Waals surface area contributed by atoms with E-state index in [1.54, 1.807) is 17.6 Å². The molecule has 1 saturated carbocycles. The number of hydrazine groups is 1. The van der Waals surface area contributed by atoms with Gasteiger partial charge in [0.05, 0.1) is 16.5 Å². The summed E-state index contributed by atoms with van der Waals surface area (Å²) in [6.07, 6.45) is -7.21. The van der Waals surface area contributed by atoms with Crippen LogP contribution in [-0.4, -0.2) is 28.6 Å². The lowest BCUT2D eigenvalue weighted by Crippen LogP contribution is -2.43. The number of alkyl halides is 5. The van der Waals surface area contributed by atoms with Crippen LogP contribution >= 0.6 is 58.0 Å². The summed E-state index contributed by atoms with van der Waals surface area (Å²) in [6.45, 7) is 0. The van der Waals surface area contributed by atoms with Gasteiger partial charge in [0.25, 0.3) is 5.91 Å². The third-order valence-electron chi connectivity index (χ3n) is 4.55. The van der Waals surface area contributed by atoms with Gasteiger partial charge in [-0.2, -0.15) is 0 Å². The van der Waals surface area contributed by atoms with Crippen LogP contribution in [0.3, 0.4) is 0 Å². The fraction of sp³-hybridized carbons (Fsp3) is 0.211. The molecule has 3 rings (SSSR count). The maximum absolute atomic E-state index is 12.8. The summed E-state index contributed by atoms with van der Waals surface area (Å²) >= 11 is 30.5. The van der Waals surface area contributed by atoms with Crippen LogP contribution in [0.5, 0.6) is 0 Å². The first kappa shape index (κ1) is 26.5. The van der Waals surface area contributed by atoms with Gasteiger partial charge in [-0.15, -0.1) is 36.4 Å². The zero-order valence-electron chi connectivity index (χ0n) is 16.3. The molecule has 1 fully saturated rings. The van der Waals surface area contributed by atoms with Crippen molar-refractivity contribution in [3.8, 4) is 0 Å². The van der Waals surface area contributed by atoms with E-state index < -0.39 is 40.4 Å². The highest BCUT2D eigenvalue weighted by molar-refractivity contribution is 6.53. The lowest BCUT2D eigenvalue weighted by molar-refractivity contribution is -0.291. The molecule has 15 heteroatoms. The van der Waals surface area contributed by atoms with E-state index in [-0.39, 0.29) is 16.3 Å². The number of nitrogens with one attached hydrogen (secondary N) is 3. The number of halogens is 8. The predicted molar refractivity (Wildman–Crippen MR) is 120 cm³/mol. The molecule has 3 amide bonds. The quantitative estimate of drug-likeness (QED) is 0.303. The Morgan fingerprint density at radius 3 is 2.15 bits per heavy atom. The van der Waals surface area contributed by atoms with E-state index in [4.69, 9.17) is 58.0 Å². The molecule has 0 aliphatic heterocycles. The maximum Gasteiger partial charge on any atom is 0.576 e. The van der Waals surface area contributed by atoms with E-state index in [1.807, 2.05) is 0 Å². The number of anilines is 1. The fourth-order valence-electron chi connectivity index (χ4n) is 3.13. The van der Waals surface area contributed by atoms with Gasteiger partial charge in [0.2, 0.25) is 5.91 Å². The summed E-state index contributed by atoms with van der Waals surface area (Å²) in [4.78, 5) is 36.0. The van der Waals surface area contributed by atoms with E-state index in [1.165, 1.54) is 23.6 Å². The molecule has 1 aliphatic carbocycles. The summed E-state index contributed by atoms with van der Waals surface area (Å²) in [5.41, 5.74) is 3.49. The molecule has 0 aromatic heterocycles. The van der Waals surface area contributed by atoms with E-state index in [2.05, 4.69) is 10.1 Å². The topological polar surface area (TPSA) is 96.5 Å². The zero-order valence-corrected chi connectivity index (χ0v) is 20.1. The summed E-state index contributed by atoms with van der Waals surface area (Å²) in [5, 5.41) is 3.08. The number of hydrogen-bond acceptors (Lipinski definition) is 4. The Kier molecular flexibility index (Phi) is 7.69. The van der Waals surface area contributed by atoms with E-state index >= 15 is 0 Å². The monoisotopic (exact) mass is 577 g/mol. The van der Waals surface area contributed by atoms with Crippen LogP contribution in [0, 0.1) is 5.92 Å². The lowest BCUT2D eigenvalue weighted by atomic mass is 10.1. The number of ether oxygens (including phenoxy) is 1. The molecular weight excluding hydrogens is 568 g/mol. The van der Waals surface area contributed by atoms with Gasteiger partial charge in [0, 0.05) is 21.7 Å². The van der Waals surface area contributed by atoms with Crippen molar-refractivity contribution in [2.75, 3.05) is 5.32 Å². The number of benzene rings is 2. The Morgan fingerprint density at radius 1 is 0.941 bits per heavy atom. The average Bonchev–Trinajstić information content (AvgIpc) is 3.27. The third-order valence-corrected chi connectivity index (χ3v) is 6.25. The highest BCUT2D eigenvalue weighted by atomic mass is 35.5. The van der Waals surface area contributed by atoms with Gasteiger partial charge >= 0.3 is 12.5 Å². The molecule has 7 nitrogen and oxygen atoms in total. The number of rotatable bonds is 4. The van der Waals surface area contributed by atoms with Crippen LogP contribution in [0.25, 0.3) is 0 Å². The van der Waals surface area contributed by atoms with E-state index in [0.29, 0.717) is 15.6 Å². The molecule has 0 unspecified atom stereocenters. The number of carbonyl (C=O) groups excluding carboxylic acids is 3. The second-order valence-corrected chi connectivity index (χ2v) is 9.66. The van der Waals surface area contributed by atoms with Gasteiger partial charge in [0.1, 0.15) is 4.33 Å². The van der Waals surface area contributed by atoms with Gasteiger partial charge in [-0.1, -0.05) is 34.8 Å². The predicted octanol–water partition coefficient (Wildman–Crippen LogP) is 6.06. The Balaban J connectivity index is 1.69. The molecule has 0 bridgehead atoms. The Hall–Kier alpha value is -2.11. The van der Waals surface area contributed by atoms with Crippen molar-refractivity contribution in [3.63, 3.8) is 0 Å². The van der Waals surface area contributed by atoms with Crippen LogP contribution in [0.4, 0.5) is 23.7 Å². The Bertz CT molecular complexity index is 1140. The Labute approximate surface area is 214 Å². The lowest BCUT2D eigenvalue weighted by Gasteiger charge is -2.12. The second-order valence-electron chi connectivity index (χ2n) is 6.93. The van der Waals surface area contributed by atoms with Crippen molar-refractivity contribution in [2.24, 2.45) is 5.92 Å². The van der Waals surface area contributed by atoms with Crippen LogP contribution in [0.2, 0.25) is 15.1 Å². The zero-order chi connectivity index (χ0) is 25.4. The molecule has 182 valence electrons. The molecule has 2 aromatic rings. The molecule has 2 aromatic carbocycles. The van der Waals surface area contributed by atoms with Gasteiger partial charge in [-0.25, -0.2) is 10.2 Å². The third kappa shape index (κ3) is 6.31. The number of carbonyl (C=O) groups is 3. The first-order chi connectivity index (χ1) is 15.7. The molecule has 0 radical (unpaired) electrons. The largest absolute Gasteiger partial charge is 0.576 e. The van der Waals surface area contributed by atoms with Crippen LogP contribution in [-0.2, 0) is 9.53 Å². The molecule has 1 aliphatic rings. The smallest absolute Gasteiger partial charge is 0.355 e. The minimum Gasteiger partial charge on any atom is -0.355 e.